The van der Waals surface area contributed by atoms with Gasteiger partial charge in [0.05, 0.1) is 0 Å². The quantitative estimate of drug-likeness (QED) is 0.623. The predicted octanol–water partition coefficient (Wildman–Crippen LogP) is 3.41. The number of nitrogens with one attached hydrogen (secondary N) is 1. The van der Waals surface area contributed by atoms with Crippen molar-refractivity contribution in [2.24, 2.45) is 10.9 Å². The molecule has 1 saturated heterocycles. The summed E-state index contributed by atoms with van der Waals surface area (Å²) < 4.78 is 20.1. The molecule has 4 nitrogen and oxygen atoms in total. The molecule has 0 atom stereocenters. The Bertz CT molecular complexity index is 533. The molecule has 1 aromatic rings. The van der Waals surface area contributed by atoms with Gasteiger partial charge < -0.3 is 15.0 Å². The summed E-state index contributed by atoms with van der Waals surface area (Å²) in [6.45, 7) is 3.11. The zero-order chi connectivity index (χ0) is 16.7. The standard InChI is InChI=1S/C17H25BrFN3O/c1-20-17(21-12-14-11-15(18)3-4-16(14)19)22(2)8-5-13-6-9-23-10-7-13/h3-4,11,13H,5-10,12H2,1-2H3,(H,20,21). The highest BCUT2D eigenvalue weighted by atomic mass is 79.9. The Labute approximate surface area is 146 Å². The van der Waals surface area contributed by atoms with E-state index in [0.29, 0.717) is 12.1 Å². The molecule has 128 valence electrons. The predicted molar refractivity (Wildman–Crippen MR) is 95.1 cm³/mol. The number of hydrogen-bond acceptors (Lipinski definition) is 2. The molecule has 1 fully saturated rings. The third kappa shape index (κ3) is 5.77. The van der Waals surface area contributed by atoms with E-state index in [2.05, 4.69) is 31.1 Å². The Morgan fingerprint density at radius 3 is 2.87 bits per heavy atom. The van der Waals surface area contributed by atoms with Gasteiger partial charge in [0, 0.05) is 50.4 Å². The molecule has 0 saturated carbocycles. The van der Waals surface area contributed by atoms with E-state index in [1.807, 2.05) is 7.05 Å². The largest absolute Gasteiger partial charge is 0.381 e. The van der Waals surface area contributed by atoms with Gasteiger partial charge >= 0.3 is 0 Å². The minimum absolute atomic E-state index is 0.207. The van der Waals surface area contributed by atoms with Crippen LogP contribution in [0.2, 0.25) is 0 Å². The van der Waals surface area contributed by atoms with Crippen LogP contribution >= 0.6 is 15.9 Å². The molecule has 1 heterocycles. The minimum Gasteiger partial charge on any atom is -0.381 e. The van der Waals surface area contributed by atoms with E-state index < -0.39 is 0 Å². The van der Waals surface area contributed by atoms with E-state index in [0.717, 1.165) is 55.4 Å². The van der Waals surface area contributed by atoms with E-state index in [1.165, 1.54) is 6.07 Å². The average Bonchev–Trinajstić information content (AvgIpc) is 2.57. The Morgan fingerprint density at radius 1 is 1.43 bits per heavy atom. The molecule has 0 amide bonds. The maximum atomic E-state index is 13.8. The van der Waals surface area contributed by atoms with E-state index in [-0.39, 0.29) is 5.82 Å². The fraction of sp³-hybridized carbons (Fsp3) is 0.588. The first kappa shape index (κ1) is 18.2. The molecule has 0 unspecified atom stereocenters. The lowest BCUT2D eigenvalue weighted by molar-refractivity contribution is 0.0625. The van der Waals surface area contributed by atoms with Crippen molar-refractivity contribution < 1.29 is 9.13 Å². The highest BCUT2D eigenvalue weighted by Gasteiger charge is 2.15. The summed E-state index contributed by atoms with van der Waals surface area (Å²) in [4.78, 5) is 6.39. The van der Waals surface area contributed by atoms with Gasteiger partial charge in [-0.3, -0.25) is 4.99 Å². The lowest BCUT2D eigenvalue weighted by Crippen LogP contribution is -2.39. The van der Waals surface area contributed by atoms with Gasteiger partial charge in [0.25, 0.3) is 0 Å². The van der Waals surface area contributed by atoms with Gasteiger partial charge in [0.1, 0.15) is 5.82 Å². The first-order valence-electron chi connectivity index (χ1n) is 8.03. The molecule has 23 heavy (non-hydrogen) atoms. The van der Waals surface area contributed by atoms with E-state index in [1.54, 1.807) is 19.2 Å². The van der Waals surface area contributed by atoms with Crippen LogP contribution in [0.1, 0.15) is 24.8 Å². The Kier molecular flexibility index (Phi) is 7.30. The lowest BCUT2D eigenvalue weighted by Gasteiger charge is -2.27. The Hall–Kier alpha value is -1.14. The summed E-state index contributed by atoms with van der Waals surface area (Å²) in [6.07, 6.45) is 3.41. The van der Waals surface area contributed by atoms with Gasteiger partial charge in [-0.15, -0.1) is 0 Å². The van der Waals surface area contributed by atoms with Gasteiger partial charge in [-0.2, -0.15) is 0 Å². The van der Waals surface area contributed by atoms with Crippen LogP contribution in [0.15, 0.2) is 27.7 Å². The van der Waals surface area contributed by atoms with E-state index in [4.69, 9.17) is 4.74 Å². The van der Waals surface area contributed by atoms with Crippen LogP contribution in [0.3, 0.4) is 0 Å². The molecule has 1 aromatic carbocycles. The Balaban J connectivity index is 1.82. The van der Waals surface area contributed by atoms with Gasteiger partial charge in [-0.1, -0.05) is 15.9 Å². The molecular weight excluding hydrogens is 361 g/mol. The van der Waals surface area contributed by atoms with E-state index >= 15 is 0 Å². The summed E-state index contributed by atoms with van der Waals surface area (Å²) in [5, 5.41) is 3.23. The number of hydrogen-bond donors (Lipinski definition) is 1. The number of aliphatic imine (C=N–C) groups is 1. The van der Waals surface area contributed by atoms with Crippen molar-refractivity contribution in [2.75, 3.05) is 33.9 Å². The molecular formula is C17H25BrFN3O. The van der Waals surface area contributed by atoms with Crippen molar-refractivity contribution in [3.05, 3.63) is 34.1 Å². The summed E-state index contributed by atoms with van der Waals surface area (Å²) >= 11 is 3.37. The maximum absolute atomic E-state index is 13.8. The second-order valence-electron chi connectivity index (χ2n) is 5.90. The second kappa shape index (κ2) is 9.23. The molecule has 1 aliphatic rings. The number of benzene rings is 1. The van der Waals surface area contributed by atoms with Crippen LogP contribution in [-0.4, -0.2) is 44.7 Å². The van der Waals surface area contributed by atoms with Gasteiger partial charge in [0.15, 0.2) is 5.96 Å². The summed E-state index contributed by atoms with van der Waals surface area (Å²) in [5.41, 5.74) is 0.623. The highest BCUT2D eigenvalue weighted by molar-refractivity contribution is 9.10. The number of nitrogens with zero attached hydrogens (tertiary/aromatic N) is 2. The number of guanidine groups is 1. The normalized spacial score (nSPS) is 16.4. The molecule has 1 aliphatic heterocycles. The smallest absolute Gasteiger partial charge is 0.193 e. The fourth-order valence-electron chi connectivity index (χ4n) is 2.75. The number of ether oxygens (including phenoxy) is 1. The van der Waals surface area contributed by atoms with Gasteiger partial charge in [0.2, 0.25) is 0 Å². The Morgan fingerprint density at radius 2 is 2.17 bits per heavy atom. The lowest BCUT2D eigenvalue weighted by atomic mass is 9.96. The number of halogens is 2. The first-order valence-corrected chi connectivity index (χ1v) is 8.83. The number of rotatable bonds is 5. The van der Waals surface area contributed by atoms with Crippen LogP contribution < -0.4 is 5.32 Å². The average molecular weight is 386 g/mol. The fourth-order valence-corrected chi connectivity index (χ4v) is 3.16. The zero-order valence-corrected chi connectivity index (χ0v) is 15.4. The summed E-state index contributed by atoms with van der Waals surface area (Å²) in [5.74, 6) is 1.31. The second-order valence-corrected chi connectivity index (χ2v) is 6.82. The molecule has 0 spiro atoms. The van der Waals surface area contributed by atoms with Crippen molar-refractivity contribution in [1.29, 1.82) is 0 Å². The van der Waals surface area contributed by atoms with Gasteiger partial charge in [-0.05, 0) is 43.4 Å². The minimum atomic E-state index is -0.207. The summed E-state index contributed by atoms with van der Waals surface area (Å²) in [7, 11) is 3.77. The van der Waals surface area contributed by atoms with Crippen molar-refractivity contribution in [1.82, 2.24) is 10.2 Å². The molecule has 0 aromatic heterocycles. The molecule has 1 N–H and O–H groups in total. The van der Waals surface area contributed by atoms with Crippen LogP contribution in [0.5, 0.6) is 0 Å². The van der Waals surface area contributed by atoms with Crippen molar-refractivity contribution >= 4 is 21.9 Å². The zero-order valence-electron chi connectivity index (χ0n) is 13.8. The van der Waals surface area contributed by atoms with Gasteiger partial charge in [-0.25, -0.2) is 4.39 Å². The van der Waals surface area contributed by atoms with Crippen LogP contribution in [0.4, 0.5) is 4.39 Å². The summed E-state index contributed by atoms with van der Waals surface area (Å²) in [6, 6.07) is 4.96. The third-order valence-electron chi connectivity index (χ3n) is 4.23. The maximum Gasteiger partial charge on any atom is 0.193 e. The third-order valence-corrected chi connectivity index (χ3v) is 4.72. The molecule has 0 bridgehead atoms. The SMILES string of the molecule is CN=C(NCc1cc(Br)ccc1F)N(C)CCC1CCOCC1. The van der Waals surface area contributed by atoms with Crippen molar-refractivity contribution in [3.63, 3.8) is 0 Å². The van der Waals surface area contributed by atoms with Crippen molar-refractivity contribution in [3.8, 4) is 0 Å². The van der Waals surface area contributed by atoms with Crippen molar-refractivity contribution in [2.45, 2.75) is 25.8 Å². The monoisotopic (exact) mass is 385 g/mol. The molecule has 0 radical (unpaired) electrons. The molecule has 6 heteroatoms. The molecule has 0 aliphatic carbocycles. The van der Waals surface area contributed by atoms with Crippen LogP contribution in [0.25, 0.3) is 0 Å². The van der Waals surface area contributed by atoms with Crippen LogP contribution in [0, 0.1) is 11.7 Å². The first-order chi connectivity index (χ1) is 11.1. The van der Waals surface area contributed by atoms with E-state index in [9.17, 15) is 4.39 Å². The highest BCUT2D eigenvalue weighted by Crippen LogP contribution is 2.18. The van der Waals surface area contributed by atoms with Crippen LogP contribution in [-0.2, 0) is 11.3 Å². The topological polar surface area (TPSA) is 36.9 Å². The molecule has 2 rings (SSSR count).